The van der Waals surface area contributed by atoms with Gasteiger partial charge in [0.15, 0.2) is 5.83 Å². The van der Waals surface area contributed by atoms with Crippen molar-refractivity contribution < 1.29 is 23.5 Å². The molecule has 4 atom stereocenters. The average Bonchev–Trinajstić information content (AvgIpc) is 4.07. The summed E-state index contributed by atoms with van der Waals surface area (Å²) < 4.78 is 27.4. The minimum absolute atomic E-state index is 0.0446. The standard InChI is InChI=1S/C63H71ClFN13O4/c1-6-56(79)73-27-29-74(30-28-73)59-49-21-25-75(54-17-8-13-42-12-7-11-40(2)57(42)54)36-52(49)67-62(69-59)82-39-46-33-43(34-72(46)5)47-18-19-55(58-48(47)15-9-16-51(58)64)76-26-22-50-53(37-76)68-63(81-38-45-14-10-24-71(45)4)70-60(50)77-31-32-78(61(80)41(3)65)44(35-77)20-23-66/h6-9,11-13,15-19,43-46H,1,3,10,14,20-22,24-39H2,2,4-5H3/t43?,44-,45-,46-/m0/s1. The fourth-order valence-electron chi connectivity index (χ4n) is 13.6. The zero-order valence-corrected chi connectivity index (χ0v) is 48.0. The van der Waals surface area contributed by atoms with Gasteiger partial charge in [0.25, 0.3) is 5.91 Å². The van der Waals surface area contributed by atoms with Gasteiger partial charge in [-0.1, -0.05) is 73.3 Å². The van der Waals surface area contributed by atoms with Gasteiger partial charge in [-0.2, -0.15) is 25.2 Å². The number of nitriles is 1. The highest BCUT2D eigenvalue weighted by molar-refractivity contribution is 6.36. The van der Waals surface area contributed by atoms with Gasteiger partial charge in [-0.25, -0.2) is 4.39 Å². The third-order valence-electron chi connectivity index (χ3n) is 18.1. The zero-order valence-electron chi connectivity index (χ0n) is 47.2. The monoisotopic (exact) mass is 1130 g/mol. The summed E-state index contributed by atoms with van der Waals surface area (Å²) in [5, 5.41) is 15.0. The van der Waals surface area contributed by atoms with Gasteiger partial charge in [0, 0.05) is 111 Å². The number of hydrogen-bond donors (Lipinski definition) is 0. The maximum Gasteiger partial charge on any atom is 0.318 e. The SMILES string of the molecule is C=CC(=O)N1CCN(c2nc(OC[C@@H]3CC(c4ccc(N5CCc6c(nc(OC[C@@H]7CCCN7C)nc6N6CCN(C(=O)C(=C)F)[C@@H](CC#N)C6)C5)c5c(Cl)cccc45)CN3C)nc3c2CCN(c2cccc4cccc(C)c24)C3)CC1. The van der Waals surface area contributed by atoms with E-state index in [9.17, 15) is 19.2 Å². The lowest BCUT2D eigenvalue weighted by Crippen LogP contribution is -2.55. The van der Waals surface area contributed by atoms with E-state index in [-0.39, 0.29) is 36.9 Å². The second kappa shape index (κ2) is 23.3. The van der Waals surface area contributed by atoms with Crippen LogP contribution < -0.4 is 29.1 Å². The summed E-state index contributed by atoms with van der Waals surface area (Å²) in [6, 6.07) is 26.3. The third-order valence-corrected chi connectivity index (χ3v) is 18.4. The molecule has 1 unspecified atom stereocenters. The van der Waals surface area contributed by atoms with Crippen LogP contribution in [0.3, 0.4) is 0 Å². The predicted molar refractivity (Wildman–Crippen MR) is 319 cm³/mol. The van der Waals surface area contributed by atoms with E-state index in [1.807, 2.05) is 17.0 Å². The van der Waals surface area contributed by atoms with E-state index in [1.165, 1.54) is 38.6 Å². The van der Waals surface area contributed by atoms with Crippen LogP contribution in [-0.4, -0.2) is 169 Å². The van der Waals surface area contributed by atoms with Crippen molar-refractivity contribution in [2.45, 2.75) is 82.6 Å². The molecule has 426 valence electrons. The van der Waals surface area contributed by atoms with Crippen molar-refractivity contribution >= 4 is 68.0 Å². The topological polar surface area (TPSA) is 154 Å². The molecular formula is C63H71ClFN13O4. The Balaban J connectivity index is 0.792. The lowest BCUT2D eigenvalue weighted by molar-refractivity contribution is -0.131. The Morgan fingerprint density at radius 1 is 0.732 bits per heavy atom. The summed E-state index contributed by atoms with van der Waals surface area (Å²) in [7, 11) is 4.28. The highest BCUT2D eigenvalue weighted by atomic mass is 35.5. The number of amides is 2. The molecular weight excluding hydrogens is 1060 g/mol. The molecule has 4 fully saturated rings. The Bertz CT molecular complexity index is 3510. The zero-order chi connectivity index (χ0) is 56.8. The molecule has 6 aliphatic heterocycles. The third kappa shape index (κ3) is 10.7. The van der Waals surface area contributed by atoms with Gasteiger partial charge in [0.2, 0.25) is 5.91 Å². The Kier molecular flexibility index (Phi) is 15.6. The number of halogens is 2. The summed E-state index contributed by atoms with van der Waals surface area (Å²) in [5.74, 6) is -0.0530. The number of aryl methyl sites for hydroxylation is 1. The molecule has 0 aliphatic carbocycles. The van der Waals surface area contributed by atoms with Crippen LogP contribution in [0.25, 0.3) is 21.5 Å². The number of likely N-dealkylation sites (N-methyl/N-ethyl adjacent to an activating group) is 2. The van der Waals surface area contributed by atoms with Crippen molar-refractivity contribution in [2.75, 3.05) is 119 Å². The number of rotatable bonds is 14. The van der Waals surface area contributed by atoms with E-state index >= 15 is 0 Å². The normalized spacial score (nSPS) is 21.4. The minimum atomic E-state index is -1.03. The van der Waals surface area contributed by atoms with E-state index in [0.717, 1.165) is 95.9 Å². The summed E-state index contributed by atoms with van der Waals surface area (Å²) in [6.07, 6.45) is 5.85. The number of piperazine rings is 2. The molecule has 6 aliphatic rings. The van der Waals surface area contributed by atoms with Crippen LogP contribution in [0.4, 0.5) is 27.4 Å². The van der Waals surface area contributed by atoms with Crippen LogP contribution >= 0.6 is 11.6 Å². The molecule has 82 heavy (non-hydrogen) atoms. The van der Waals surface area contributed by atoms with Gasteiger partial charge in [-0.05, 0) is 112 Å². The van der Waals surface area contributed by atoms with Crippen molar-refractivity contribution in [2.24, 2.45) is 0 Å². The predicted octanol–water partition coefficient (Wildman–Crippen LogP) is 8.25. The molecule has 2 aromatic heterocycles. The number of fused-ring (bicyclic) bond motifs is 4. The van der Waals surface area contributed by atoms with Gasteiger partial charge < -0.3 is 43.8 Å². The van der Waals surface area contributed by atoms with E-state index in [0.29, 0.717) is 95.6 Å². The number of aromatic nitrogens is 4. The van der Waals surface area contributed by atoms with Gasteiger partial charge >= 0.3 is 12.0 Å². The molecule has 17 nitrogen and oxygen atoms in total. The van der Waals surface area contributed by atoms with Crippen LogP contribution in [0.5, 0.6) is 12.0 Å². The Morgan fingerprint density at radius 2 is 1.38 bits per heavy atom. The van der Waals surface area contributed by atoms with Crippen LogP contribution in [-0.2, 0) is 35.5 Å². The lowest BCUT2D eigenvalue weighted by Gasteiger charge is -2.42. The van der Waals surface area contributed by atoms with Gasteiger partial charge in [-0.3, -0.25) is 14.5 Å². The highest BCUT2D eigenvalue weighted by Gasteiger charge is 2.38. The molecule has 0 saturated carbocycles. The number of likely N-dealkylation sites (tertiary alicyclic amines) is 2. The van der Waals surface area contributed by atoms with Gasteiger partial charge in [0.05, 0.1) is 48.0 Å². The molecule has 0 radical (unpaired) electrons. The number of benzene rings is 4. The maximum atomic E-state index is 14.2. The summed E-state index contributed by atoms with van der Waals surface area (Å²) >= 11 is 7.28. The second-order valence-corrected chi connectivity index (χ2v) is 23.4. The van der Waals surface area contributed by atoms with Gasteiger partial charge in [0.1, 0.15) is 24.8 Å². The van der Waals surface area contributed by atoms with Crippen molar-refractivity contribution in [1.29, 1.82) is 5.26 Å². The maximum absolute atomic E-state index is 14.2. The van der Waals surface area contributed by atoms with Crippen molar-refractivity contribution in [1.82, 2.24) is 39.5 Å². The van der Waals surface area contributed by atoms with Crippen LogP contribution in [0.1, 0.15) is 65.2 Å². The Hall–Kier alpha value is -7.59. The van der Waals surface area contributed by atoms with Gasteiger partial charge in [-0.15, -0.1) is 0 Å². The molecule has 6 aromatic rings. The first-order valence-electron chi connectivity index (χ1n) is 28.9. The van der Waals surface area contributed by atoms with E-state index in [4.69, 9.17) is 41.0 Å². The molecule has 0 bridgehead atoms. The summed E-state index contributed by atoms with van der Waals surface area (Å²) in [4.78, 5) is 63.1. The molecule has 19 heteroatoms. The highest BCUT2D eigenvalue weighted by Crippen LogP contribution is 2.44. The fraction of sp³-hybridized carbons (Fsp3) is 0.444. The lowest BCUT2D eigenvalue weighted by atomic mass is 9.90. The molecule has 0 N–H and O–H groups in total. The van der Waals surface area contributed by atoms with Crippen molar-refractivity contribution in [3.05, 3.63) is 130 Å². The Labute approximate surface area is 484 Å². The smallest absolute Gasteiger partial charge is 0.318 e. The Morgan fingerprint density at radius 3 is 2.04 bits per heavy atom. The number of nitrogens with zero attached hydrogens (tertiary/aromatic N) is 13. The second-order valence-electron chi connectivity index (χ2n) is 22.9. The summed E-state index contributed by atoms with van der Waals surface area (Å²) in [6.45, 7) is 17.9. The minimum Gasteiger partial charge on any atom is -0.462 e. The van der Waals surface area contributed by atoms with Crippen molar-refractivity contribution in [3.8, 4) is 18.1 Å². The average molecular weight is 1130 g/mol. The number of carbonyl (C=O) groups excluding carboxylic acids is 2. The van der Waals surface area contributed by atoms with Crippen LogP contribution in [0.15, 0.2) is 91.8 Å². The first kappa shape index (κ1) is 55.0. The van der Waals surface area contributed by atoms with E-state index in [1.54, 1.807) is 0 Å². The number of ether oxygens (including phenoxy) is 2. The van der Waals surface area contributed by atoms with Crippen LogP contribution in [0.2, 0.25) is 5.02 Å². The van der Waals surface area contributed by atoms with E-state index in [2.05, 4.69) is 124 Å². The number of hydrogen-bond acceptors (Lipinski definition) is 15. The molecule has 12 rings (SSSR count). The fourth-order valence-corrected chi connectivity index (χ4v) is 13.9. The molecule has 0 spiro atoms. The first-order chi connectivity index (χ1) is 39.8. The number of anilines is 4. The molecule has 4 aromatic carbocycles. The quantitative estimate of drug-likeness (QED) is 0.0962. The molecule has 2 amide bonds. The molecule has 8 heterocycles. The largest absolute Gasteiger partial charge is 0.462 e. The van der Waals surface area contributed by atoms with Crippen LogP contribution in [0, 0.1) is 18.3 Å². The number of carbonyl (C=O) groups is 2. The molecule has 4 saturated heterocycles. The first-order valence-corrected chi connectivity index (χ1v) is 29.3. The van der Waals surface area contributed by atoms with Crippen molar-refractivity contribution in [3.63, 3.8) is 0 Å². The van der Waals surface area contributed by atoms with E-state index < -0.39 is 17.8 Å². The summed E-state index contributed by atoms with van der Waals surface area (Å²) in [5.41, 5.74) is 8.65.